The molecule has 0 N–H and O–H groups in total. The van der Waals surface area contributed by atoms with Crippen LogP contribution in [-0.4, -0.2) is 0 Å². The van der Waals surface area contributed by atoms with E-state index in [-0.39, 0.29) is 0 Å². The molecule has 2 aromatic carbocycles. The van der Waals surface area contributed by atoms with Crippen LogP contribution in [0.3, 0.4) is 0 Å². The van der Waals surface area contributed by atoms with E-state index < -0.39 is 52.5 Å². The Hall–Kier alpha value is -1.98. The average Bonchev–Trinajstić information content (AvgIpc) is 2.38. The molecule has 0 saturated heterocycles. The summed E-state index contributed by atoms with van der Waals surface area (Å²) in [5.74, 6) is -8.14. The molecule has 2 aromatic rings. The number of halogens is 6. The van der Waals surface area contributed by atoms with E-state index in [1.807, 2.05) is 0 Å². The number of hydrogen-bond acceptors (Lipinski definition) is 0. The van der Waals surface area contributed by atoms with E-state index in [0.29, 0.717) is 24.3 Å². The van der Waals surface area contributed by atoms with Gasteiger partial charge in [-0.2, -0.15) is 0 Å². The molecule has 0 aliphatic carbocycles. The van der Waals surface area contributed by atoms with Gasteiger partial charge in [0, 0.05) is 17.5 Å². The first-order valence-electron chi connectivity index (χ1n) is 5.16. The molecule has 0 nitrogen and oxygen atoms in total. The van der Waals surface area contributed by atoms with Crippen LogP contribution in [0.2, 0.25) is 0 Å². The van der Waals surface area contributed by atoms with Crippen LogP contribution in [0.25, 0.3) is 0 Å². The zero-order chi connectivity index (χ0) is 14.2. The standard InChI is InChI=1S/C13H6F6/c14-8-1-3-10(16)12(18)6(8)5-7-9(15)2-4-11(17)13(7)19/h1-4H,5H2. The zero-order valence-electron chi connectivity index (χ0n) is 9.28. The van der Waals surface area contributed by atoms with Crippen molar-refractivity contribution in [3.63, 3.8) is 0 Å². The lowest BCUT2D eigenvalue weighted by Crippen LogP contribution is -2.05. The number of benzene rings is 2. The van der Waals surface area contributed by atoms with E-state index in [1.54, 1.807) is 0 Å². The Bertz CT molecular complexity index is 580. The van der Waals surface area contributed by atoms with Gasteiger partial charge in [-0.3, -0.25) is 0 Å². The molecular formula is C13H6F6. The molecule has 19 heavy (non-hydrogen) atoms. The van der Waals surface area contributed by atoms with Gasteiger partial charge < -0.3 is 0 Å². The van der Waals surface area contributed by atoms with Gasteiger partial charge in [0.1, 0.15) is 11.6 Å². The van der Waals surface area contributed by atoms with Crippen molar-refractivity contribution in [3.05, 3.63) is 70.3 Å². The molecule has 0 fully saturated rings. The first-order valence-corrected chi connectivity index (χ1v) is 5.16. The van der Waals surface area contributed by atoms with Gasteiger partial charge in [0.25, 0.3) is 0 Å². The van der Waals surface area contributed by atoms with Crippen molar-refractivity contribution >= 4 is 0 Å². The van der Waals surface area contributed by atoms with Crippen molar-refractivity contribution in [2.45, 2.75) is 6.42 Å². The SMILES string of the molecule is Fc1ccc(F)c(Cc2c(F)ccc(F)c2F)c1F. The number of hydrogen-bond donors (Lipinski definition) is 0. The highest BCUT2D eigenvalue weighted by Gasteiger charge is 2.20. The van der Waals surface area contributed by atoms with Gasteiger partial charge in [-0.25, -0.2) is 26.3 Å². The predicted molar refractivity (Wildman–Crippen MR) is 55.4 cm³/mol. The summed E-state index contributed by atoms with van der Waals surface area (Å²) < 4.78 is 79.3. The molecule has 0 radical (unpaired) electrons. The highest BCUT2D eigenvalue weighted by Crippen LogP contribution is 2.23. The Labute approximate surface area is 104 Å². The van der Waals surface area contributed by atoms with Crippen LogP contribution in [0.5, 0.6) is 0 Å². The van der Waals surface area contributed by atoms with Crippen molar-refractivity contribution in [1.29, 1.82) is 0 Å². The van der Waals surface area contributed by atoms with Gasteiger partial charge in [0.2, 0.25) is 0 Å². The smallest absolute Gasteiger partial charge is 0.165 e. The fourth-order valence-corrected chi connectivity index (χ4v) is 1.64. The van der Waals surface area contributed by atoms with Gasteiger partial charge in [-0.15, -0.1) is 0 Å². The predicted octanol–water partition coefficient (Wildman–Crippen LogP) is 4.11. The maximum atomic E-state index is 13.4. The Morgan fingerprint density at radius 2 is 0.842 bits per heavy atom. The van der Waals surface area contributed by atoms with Crippen molar-refractivity contribution in [3.8, 4) is 0 Å². The second kappa shape index (κ2) is 4.95. The first-order chi connectivity index (χ1) is 8.91. The summed E-state index contributed by atoms with van der Waals surface area (Å²) in [5, 5.41) is 0. The normalized spacial score (nSPS) is 10.8. The van der Waals surface area contributed by atoms with E-state index in [0.717, 1.165) is 0 Å². The maximum absolute atomic E-state index is 13.4. The van der Waals surface area contributed by atoms with Crippen LogP contribution >= 0.6 is 0 Å². The van der Waals surface area contributed by atoms with Crippen LogP contribution in [0, 0.1) is 34.9 Å². The summed E-state index contributed by atoms with van der Waals surface area (Å²) in [5.41, 5.74) is -1.72. The van der Waals surface area contributed by atoms with E-state index in [1.165, 1.54) is 0 Å². The van der Waals surface area contributed by atoms with E-state index >= 15 is 0 Å². The van der Waals surface area contributed by atoms with E-state index in [2.05, 4.69) is 0 Å². The molecule has 0 saturated carbocycles. The van der Waals surface area contributed by atoms with Gasteiger partial charge in [-0.05, 0) is 24.3 Å². The molecular weight excluding hydrogens is 270 g/mol. The fourth-order valence-electron chi connectivity index (χ4n) is 1.64. The third-order valence-corrected chi connectivity index (χ3v) is 2.63. The minimum Gasteiger partial charge on any atom is -0.207 e. The third kappa shape index (κ3) is 2.43. The second-order valence-corrected chi connectivity index (χ2v) is 3.82. The van der Waals surface area contributed by atoms with Crippen molar-refractivity contribution in [2.24, 2.45) is 0 Å². The highest BCUT2D eigenvalue weighted by molar-refractivity contribution is 5.31. The van der Waals surface area contributed by atoms with Crippen molar-refractivity contribution in [1.82, 2.24) is 0 Å². The summed E-state index contributed by atoms with van der Waals surface area (Å²) in [6.07, 6.45) is -0.926. The Kier molecular flexibility index (Phi) is 3.50. The fraction of sp³-hybridized carbons (Fsp3) is 0.0769. The third-order valence-electron chi connectivity index (χ3n) is 2.63. The lowest BCUT2D eigenvalue weighted by atomic mass is 10.0. The van der Waals surface area contributed by atoms with Crippen molar-refractivity contribution < 1.29 is 26.3 Å². The molecule has 0 aliphatic heterocycles. The Morgan fingerprint density at radius 1 is 0.526 bits per heavy atom. The molecule has 0 aliphatic rings. The summed E-state index contributed by atoms with van der Waals surface area (Å²) in [4.78, 5) is 0. The Morgan fingerprint density at radius 3 is 1.21 bits per heavy atom. The van der Waals surface area contributed by atoms with E-state index in [9.17, 15) is 26.3 Å². The summed E-state index contributed by atoms with van der Waals surface area (Å²) in [6.45, 7) is 0. The summed E-state index contributed by atoms with van der Waals surface area (Å²) >= 11 is 0. The molecule has 0 bridgehead atoms. The largest absolute Gasteiger partial charge is 0.207 e. The minimum atomic E-state index is -1.55. The number of rotatable bonds is 2. The second-order valence-electron chi connectivity index (χ2n) is 3.82. The summed E-state index contributed by atoms with van der Waals surface area (Å²) in [7, 11) is 0. The van der Waals surface area contributed by atoms with Crippen LogP contribution in [0.15, 0.2) is 24.3 Å². The quantitative estimate of drug-likeness (QED) is 0.572. The van der Waals surface area contributed by atoms with Crippen LogP contribution < -0.4 is 0 Å². The van der Waals surface area contributed by atoms with Gasteiger partial charge in [-0.1, -0.05) is 0 Å². The average molecular weight is 276 g/mol. The van der Waals surface area contributed by atoms with Crippen LogP contribution in [-0.2, 0) is 6.42 Å². The lowest BCUT2D eigenvalue weighted by Gasteiger charge is -2.08. The molecule has 0 atom stereocenters. The minimum absolute atomic E-state index is 0.548. The van der Waals surface area contributed by atoms with Crippen molar-refractivity contribution in [2.75, 3.05) is 0 Å². The van der Waals surface area contributed by atoms with Crippen LogP contribution in [0.4, 0.5) is 26.3 Å². The highest BCUT2D eigenvalue weighted by atomic mass is 19.2. The molecule has 0 unspecified atom stereocenters. The summed E-state index contributed by atoms with van der Waals surface area (Å²) in [6, 6.07) is 2.35. The van der Waals surface area contributed by atoms with E-state index in [4.69, 9.17) is 0 Å². The zero-order valence-corrected chi connectivity index (χ0v) is 9.28. The molecule has 0 amide bonds. The molecule has 6 heteroatoms. The molecule has 0 heterocycles. The van der Waals surface area contributed by atoms with Gasteiger partial charge >= 0.3 is 0 Å². The monoisotopic (exact) mass is 276 g/mol. The van der Waals surface area contributed by atoms with Gasteiger partial charge in [0.15, 0.2) is 23.3 Å². The molecule has 0 aromatic heterocycles. The molecule has 2 rings (SSSR count). The first kappa shape index (κ1) is 13.5. The van der Waals surface area contributed by atoms with Crippen LogP contribution in [0.1, 0.15) is 11.1 Å². The Balaban J connectivity index is 2.54. The molecule has 100 valence electrons. The lowest BCUT2D eigenvalue weighted by molar-refractivity contribution is 0.467. The molecule has 0 spiro atoms. The van der Waals surface area contributed by atoms with Gasteiger partial charge in [0.05, 0.1) is 0 Å². The topological polar surface area (TPSA) is 0 Å². The maximum Gasteiger partial charge on any atom is 0.165 e.